The number of rotatable bonds is 2. The first-order valence-electron chi connectivity index (χ1n) is 8.81. The van der Waals surface area contributed by atoms with Gasteiger partial charge in [-0.05, 0) is 43.7 Å². The van der Waals surface area contributed by atoms with Crippen LogP contribution in [0.15, 0.2) is 12.1 Å². The van der Waals surface area contributed by atoms with Crippen LogP contribution in [0.4, 0.5) is 0 Å². The molecule has 6 nitrogen and oxygen atoms in total. The number of hydrogen-bond acceptors (Lipinski definition) is 4. The molecule has 1 saturated carbocycles. The third kappa shape index (κ3) is 2.84. The summed E-state index contributed by atoms with van der Waals surface area (Å²) in [7, 11) is 0. The molecule has 140 valence electrons. The Hall–Kier alpha value is -1.50. The van der Waals surface area contributed by atoms with Crippen molar-refractivity contribution in [2.75, 3.05) is 13.1 Å². The smallest absolute Gasteiger partial charge is 0.246 e. The number of benzene rings is 1. The molecule has 1 aromatic rings. The second kappa shape index (κ2) is 6.59. The van der Waals surface area contributed by atoms with Crippen molar-refractivity contribution in [1.82, 2.24) is 9.80 Å². The van der Waals surface area contributed by atoms with Gasteiger partial charge in [0, 0.05) is 18.2 Å². The third-order valence-electron chi connectivity index (χ3n) is 5.84. The van der Waals surface area contributed by atoms with Crippen LogP contribution in [-0.2, 0) is 9.59 Å². The van der Waals surface area contributed by atoms with Gasteiger partial charge in [-0.15, -0.1) is 0 Å². The highest BCUT2D eigenvalue weighted by atomic mass is 35.5. The molecule has 3 fully saturated rings. The maximum Gasteiger partial charge on any atom is 0.246 e. The Bertz CT molecular complexity index is 766. The van der Waals surface area contributed by atoms with Crippen LogP contribution in [0.1, 0.15) is 37.2 Å². The number of phenols is 1. The highest BCUT2D eigenvalue weighted by molar-refractivity contribution is 6.42. The Balaban J connectivity index is 1.59. The molecule has 26 heavy (non-hydrogen) atoms. The molecule has 0 aromatic heterocycles. The predicted octanol–water partition coefficient (Wildman–Crippen LogP) is 2.14. The normalized spacial score (nSPS) is 31.7. The van der Waals surface area contributed by atoms with E-state index >= 15 is 0 Å². The molecule has 8 heteroatoms. The number of carbonyl (C=O) groups excluding carboxylic acids is 2. The van der Waals surface area contributed by atoms with Crippen molar-refractivity contribution in [3.63, 3.8) is 0 Å². The van der Waals surface area contributed by atoms with Crippen LogP contribution in [0.2, 0.25) is 10.0 Å². The molecular weight excluding hydrogens is 379 g/mol. The molecule has 2 aliphatic heterocycles. The average molecular weight is 399 g/mol. The van der Waals surface area contributed by atoms with Gasteiger partial charge in [-0.1, -0.05) is 23.2 Å². The number of phenolic OH excluding ortho intramolecular Hbond substituents is 1. The molecule has 2 atom stereocenters. The Morgan fingerprint density at radius 3 is 2.50 bits per heavy atom. The van der Waals surface area contributed by atoms with Crippen molar-refractivity contribution < 1.29 is 19.8 Å². The fourth-order valence-corrected chi connectivity index (χ4v) is 4.81. The van der Waals surface area contributed by atoms with Gasteiger partial charge in [0.05, 0.1) is 16.1 Å². The van der Waals surface area contributed by atoms with Crippen molar-refractivity contribution in [3.05, 3.63) is 27.7 Å². The zero-order chi connectivity index (χ0) is 18.6. The third-order valence-corrected chi connectivity index (χ3v) is 6.66. The molecule has 1 aliphatic carbocycles. The number of carbonyl (C=O) groups is 2. The summed E-state index contributed by atoms with van der Waals surface area (Å²) in [5, 5.41) is 20.4. The Labute approximate surface area is 161 Å². The summed E-state index contributed by atoms with van der Waals surface area (Å²) >= 11 is 12.4. The van der Waals surface area contributed by atoms with Gasteiger partial charge in [0.15, 0.2) is 0 Å². The predicted molar refractivity (Wildman–Crippen MR) is 96.3 cm³/mol. The molecule has 0 radical (unpaired) electrons. The first-order valence-corrected chi connectivity index (χ1v) is 9.57. The van der Waals surface area contributed by atoms with E-state index in [4.69, 9.17) is 23.2 Å². The van der Waals surface area contributed by atoms with E-state index in [-0.39, 0.29) is 42.2 Å². The van der Waals surface area contributed by atoms with Crippen LogP contribution in [0.3, 0.4) is 0 Å². The van der Waals surface area contributed by atoms with Gasteiger partial charge in [0.1, 0.15) is 18.3 Å². The monoisotopic (exact) mass is 398 g/mol. The van der Waals surface area contributed by atoms with Crippen molar-refractivity contribution in [2.24, 2.45) is 0 Å². The van der Waals surface area contributed by atoms with E-state index in [1.165, 1.54) is 12.1 Å². The number of amides is 2. The van der Waals surface area contributed by atoms with Crippen molar-refractivity contribution in [3.8, 4) is 5.75 Å². The summed E-state index contributed by atoms with van der Waals surface area (Å²) in [5.74, 6) is -0.225. The van der Waals surface area contributed by atoms with Crippen molar-refractivity contribution in [1.29, 1.82) is 0 Å². The fourth-order valence-electron chi connectivity index (χ4n) is 4.33. The number of hydrogen-bond donors (Lipinski definition) is 2. The van der Waals surface area contributed by atoms with E-state index in [0.29, 0.717) is 47.8 Å². The largest absolute Gasteiger partial charge is 0.508 e. The van der Waals surface area contributed by atoms with E-state index in [1.54, 1.807) is 9.80 Å². The minimum Gasteiger partial charge on any atom is -0.508 e. The number of fused-ring (bicyclic) bond motifs is 1. The van der Waals surface area contributed by atoms with Gasteiger partial charge in [-0.2, -0.15) is 0 Å². The number of aliphatic hydroxyl groups is 1. The van der Waals surface area contributed by atoms with Crippen LogP contribution >= 0.6 is 23.2 Å². The van der Waals surface area contributed by atoms with E-state index in [1.807, 2.05) is 0 Å². The molecule has 3 aliphatic rings. The van der Waals surface area contributed by atoms with Crippen LogP contribution < -0.4 is 0 Å². The number of aromatic hydroxyl groups is 1. The number of piperazine rings is 1. The Morgan fingerprint density at radius 2 is 1.81 bits per heavy atom. The summed E-state index contributed by atoms with van der Waals surface area (Å²) in [6, 6.07) is 2.43. The molecule has 2 heterocycles. The lowest BCUT2D eigenvalue weighted by molar-refractivity contribution is -0.164. The summed E-state index contributed by atoms with van der Waals surface area (Å²) in [4.78, 5) is 28.8. The topological polar surface area (TPSA) is 81.1 Å². The number of halogens is 2. The summed E-state index contributed by atoms with van der Waals surface area (Å²) in [6.45, 7) is 0.532. The Morgan fingerprint density at radius 1 is 1.08 bits per heavy atom. The van der Waals surface area contributed by atoms with Gasteiger partial charge < -0.3 is 20.0 Å². The maximum absolute atomic E-state index is 13.0. The molecule has 2 N–H and O–H groups in total. The van der Waals surface area contributed by atoms with Gasteiger partial charge in [-0.25, -0.2) is 0 Å². The number of nitrogens with zero attached hydrogens (tertiary/aromatic N) is 2. The van der Waals surface area contributed by atoms with E-state index < -0.39 is 6.04 Å². The van der Waals surface area contributed by atoms with Crippen molar-refractivity contribution in [2.45, 2.75) is 49.8 Å². The molecular formula is C18H20Cl2N2O4. The van der Waals surface area contributed by atoms with Gasteiger partial charge in [0.2, 0.25) is 11.8 Å². The lowest BCUT2D eigenvalue weighted by Gasteiger charge is -2.49. The van der Waals surface area contributed by atoms with E-state index in [2.05, 4.69) is 0 Å². The lowest BCUT2D eigenvalue weighted by atomic mass is 9.81. The molecule has 1 aromatic carbocycles. The first-order chi connectivity index (χ1) is 12.4. The second-order valence-corrected chi connectivity index (χ2v) is 8.15. The average Bonchev–Trinajstić information content (AvgIpc) is 2.59. The second-order valence-electron chi connectivity index (χ2n) is 7.36. The van der Waals surface area contributed by atoms with Gasteiger partial charge in [0.25, 0.3) is 0 Å². The van der Waals surface area contributed by atoms with Crippen LogP contribution in [0, 0.1) is 0 Å². The van der Waals surface area contributed by atoms with Gasteiger partial charge in [-0.3, -0.25) is 9.59 Å². The van der Waals surface area contributed by atoms with E-state index in [9.17, 15) is 19.8 Å². The maximum atomic E-state index is 13.0. The van der Waals surface area contributed by atoms with Gasteiger partial charge >= 0.3 is 0 Å². The van der Waals surface area contributed by atoms with Crippen LogP contribution in [0.25, 0.3) is 0 Å². The quantitative estimate of drug-likeness (QED) is 0.799. The molecule has 0 spiro atoms. The zero-order valence-electron chi connectivity index (χ0n) is 14.1. The molecule has 0 unspecified atom stereocenters. The highest BCUT2D eigenvalue weighted by Gasteiger charge is 2.47. The SMILES string of the molecule is O=C1[C@H]2C[C@@H](c3c(O)ccc(Cl)c3Cl)CCN2C(=O)CN1C1CC(O)C1. The molecule has 2 amide bonds. The lowest BCUT2D eigenvalue weighted by Crippen LogP contribution is -2.65. The summed E-state index contributed by atoms with van der Waals surface area (Å²) in [6.07, 6.45) is 1.68. The molecule has 2 saturated heterocycles. The number of piperidine rings is 1. The zero-order valence-corrected chi connectivity index (χ0v) is 15.6. The summed E-state index contributed by atoms with van der Waals surface area (Å²) < 4.78 is 0. The Kier molecular flexibility index (Phi) is 4.53. The summed E-state index contributed by atoms with van der Waals surface area (Å²) in [5.41, 5.74) is 0.551. The van der Waals surface area contributed by atoms with Crippen LogP contribution in [0.5, 0.6) is 5.75 Å². The first kappa shape index (κ1) is 17.9. The fraction of sp³-hybridized carbons (Fsp3) is 0.556. The number of aliphatic hydroxyl groups excluding tert-OH is 1. The standard InChI is InChI=1S/C18H20Cl2N2O4/c19-12-1-2-14(24)16(17(12)20)9-3-4-21-13(5-9)18(26)22(8-15(21)25)10-6-11(23)7-10/h1-2,9-11,13,23-24H,3-8H2/t9-,10?,11?,13+/m0/s1. The molecule has 0 bridgehead atoms. The van der Waals surface area contributed by atoms with Crippen LogP contribution in [-0.4, -0.2) is 63.1 Å². The van der Waals surface area contributed by atoms with Crippen molar-refractivity contribution >= 4 is 35.0 Å². The van der Waals surface area contributed by atoms with E-state index in [0.717, 1.165) is 0 Å². The minimum atomic E-state index is -0.554. The molecule has 4 rings (SSSR count). The highest BCUT2D eigenvalue weighted by Crippen LogP contribution is 2.44. The minimum absolute atomic E-state index is 0.0594.